The van der Waals surface area contributed by atoms with Gasteiger partial charge >= 0.3 is 5.97 Å². The zero-order valence-electron chi connectivity index (χ0n) is 12.4. The molecule has 1 unspecified atom stereocenters. The highest BCUT2D eigenvalue weighted by Gasteiger charge is 2.35. The molecule has 1 aromatic rings. The van der Waals surface area contributed by atoms with Gasteiger partial charge in [-0.05, 0) is 18.2 Å². The fraction of sp³-hybridized carbons (Fsp3) is 0.312. The Balaban J connectivity index is 2.13. The van der Waals surface area contributed by atoms with E-state index in [1.165, 1.54) is 12.0 Å². The van der Waals surface area contributed by atoms with E-state index in [2.05, 4.69) is 16.6 Å². The molecular formula is C16H18N2O4. The van der Waals surface area contributed by atoms with Crippen LogP contribution in [0.1, 0.15) is 16.8 Å². The largest absolute Gasteiger partial charge is 0.465 e. The summed E-state index contributed by atoms with van der Waals surface area (Å²) >= 11 is 0. The van der Waals surface area contributed by atoms with Crippen molar-refractivity contribution in [2.24, 2.45) is 5.92 Å². The fourth-order valence-corrected chi connectivity index (χ4v) is 2.37. The van der Waals surface area contributed by atoms with Gasteiger partial charge in [-0.25, -0.2) is 4.79 Å². The van der Waals surface area contributed by atoms with Crippen molar-refractivity contribution in [3.63, 3.8) is 0 Å². The molecule has 1 aliphatic rings. The quantitative estimate of drug-likeness (QED) is 0.653. The number of amides is 2. The van der Waals surface area contributed by atoms with Crippen LogP contribution in [0.25, 0.3) is 0 Å². The Kier molecular flexibility index (Phi) is 4.93. The van der Waals surface area contributed by atoms with Crippen molar-refractivity contribution in [2.45, 2.75) is 6.42 Å². The summed E-state index contributed by atoms with van der Waals surface area (Å²) in [6.45, 7) is 4.21. The molecule has 116 valence electrons. The van der Waals surface area contributed by atoms with Gasteiger partial charge in [0.2, 0.25) is 11.8 Å². The Hall–Kier alpha value is -2.63. The van der Waals surface area contributed by atoms with Gasteiger partial charge < -0.3 is 15.0 Å². The third-order valence-electron chi connectivity index (χ3n) is 3.50. The lowest BCUT2D eigenvalue weighted by Crippen LogP contribution is -2.33. The molecule has 0 radical (unpaired) electrons. The molecule has 1 saturated heterocycles. The first kappa shape index (κ1) is 15.8. The summed E-state index contributed by atoms with van der Waals surface area (Å²) in [6.07, 6.45) is 1.75. The molecule has 0 aliphatic carbocycles. The average Bonchev–Trinajstić information content (AvgIpc) is 2.94. The van der Waals surface area contributed by atoms with Crippen molar-refractivity contribution in [1.29, 1.82) is 0 Å². The molecule has 0 aromatic heterocycles. The number of hydrogen-bond acceptors (Lipinski definition) is 4. The van der Waals surface area contributed by atoms with Crippen molar-refractivity contribution in [2.75, 3.05) is 25.1 Å². The molecule has 22 heavy (non-hydrogen) atoms. The molecule has 1 atom stereocenters. The number of carbonyl (C=O) groups is 3. The second-order valence-electron chi connectivity index (χ2n) is 4.98. The van der Waals surface area contributed by atoms with Gasteiger partial charge in [-0.1, -0.05) is 12.1 Å². The molecule has 1 aliphatic heterocycles. The zero-order chi connectivity index (χ0) is 16.1. The second-order valence-corrected chi connectivity index (χ2v) is 4.98. The SMILES string of the molecule is C=CCNC(=O)C1CC(=O)N(c2cccc(C(=O)OC)c2)C1. The summed E-state index contributed by atoms with van der Waals surface area (Å²) < 4.78 is 4.67. The van der Waals surface area contributed by atoms with E-state index in [4.69, 9.17) is 0 Å². The number of esters is 1. The Bertz CT molecular complexity index is 612. The number of nitrogens with zero attached hydrogens (tertiary/aromatic N) is 1. The maximum Gasteiger partial charge on any atom is 0.337 e. The molecule has 6 heteroatoms. The Morgan fingerprint density at radius 2 is 2.27 bits per heavy atom. The van der Waals surface area contributed by atoms with Gasteiger partial charge in [0.1, 0.15) is 0 Å². The smallest absolute Gasteiger partial charge is 0.337 e. The predicted molar refractivity (Wildman–Crippen MR) is 81.4 cm³/mol. The van der Waals surface area contributed by atoms with E-state index in [-0.39, 0.29) is 18.2 Å². The van der Waals surface area contributed by atoms with Crippen LogP contribution in [0.3, 0.4) is 0 Å². The summed E-state index contributed by atoms with van der Waals surface area (Å²) in [6, 6.07) is 6.62. The third kappa shape index (κ3) is 3.33. The maximum atomic E-state index is 12.1. The molecule has 1 N–H and O–H groups in total. The van der Waals surface area contributed by atoms with Crippen LogP contribution in [-0.2, 0) is 14.3 Å². The Morgan fingerprint density at radius 1 is 1.50 bits per heavy atom. The molecule has 0 bridgehead atoms. The van der Waals surface area contributed by atoms with E-state index in [1.54, 1.807) is 30.3 Å². The molecular weight excluding hydrogens is 284 g/mol. The molecule has 2 rings (SSSR count). The number of benzene rings is 1. The Labute approximate surface area is 128 Å². The van der Waals surface area contributed by atoms with Gasteiger partial charge in [-0.2, -0.15) is 0 Å². The standard InChI is InChI=1S/C16H18N2O4/c1-3-7-17-15(20)12-9-14(19)18(10-12)13-6-4-5-11(8-13)16(21)22-2/h3-6,8,12H,1,7,9-10H2,2H3,(H,17,20). The van der Waals surface area contributed by atoms with Crippen LogP contribution in [0.15, 0.2) is 36.9 Å². The number of carbonyl (C=O) groups excluding carboxylic acids is 3. The van der Waals surface area contributed by atoms with Crippen LogP contribution in [0.5, 0.6) is 0 Å². The van der Waals surface area contributed by atoms with Crippen LogP contribution >= 0.6 is 0 Å². The lowest BCUT2D eigenvalue weighted by Gasteiger charge is -2.17. The average molecular weight is 302 g/mol. The Morgan fingerprint density at radius 3 is 2.95 bits per heavy atom. The maximum absolute atomic E-state index is 12.1. The van der Waals surface area contributed by atoms with Crippen molar-refractivity contribution < 1.29 is 19.1 Å². The van der Waals surface area contributed by atoms with Crippen molar-refractivity contribution in [3.8, 4) is 0 Å². The van der Waals surface area contributed by atoms with E-state index in [9.17, 15) is 14.4 Å². The van der Waals surface area contributed by atoms with Gasteiger partial charge in [0.15, 0.2) is 0 Å². The first-order chi connectivity index (χ1) is 10.6. The summed E-state index contributed by atoms with van der Waals surface area (Å²) in [5.74, 6) is -1.16. The van der Waals surface area contributed by atoms with Gasteiger partial charge in [-0.15, -0.1) is 6.58 Å². The van der Waals surface area contributed by atoms with Crippen LogP contribution in [0.4, 0.5) is 5.69 Å². The molecule has 1 fully saturated rings. The van der Waals surface area contributed by atoms with Gasteiger partial charge in [0, 0.05) is 25.2 Å². The predicted octanol–water partition coefficient (Wildman–Crippen LogP) is 1.13. The highest BCUT2D eigenvalue weighted by atomic mass is 16.5. The lowest BCUT2D eigenvalue weighted by molar-refractivity contribution is -0.126. The molecule has 1 aromatic carbocycles. The number of ether oxygens (including phenoxy) is 1. The molecule has 0 spiro atoms. The van der Waals surface area contributed by atoms with Gasteiger partial charge in [0.05, 0.1) is 18.6 Å². The van der Waals surface area contributed by atoms with Crippen LogP contribution in [0.2, 0.25) is 0 Å². The first-order valence-corrected chi connectivity index (χ1v) is 6.94. The summed E-state index contributed by atoms with van der Waals surface area (Å²) in [4.78, 5) is 37.1. The second kappa shape index (κ2) is 6.89. The van der Waals surface area contributed by atoms with Gasteiger partial charge in [0.25, 0.3) is 0 Å². The van der Waals surface area contributed by atoms with E-state index in [0.717, 1.165) is 0 Å². The number of methoxy groups -OCH3 is 1. The van der Waals surface area contributed by atoms with Crippen LogP contribution < -0.4 is 10.2 Å². The van der Waals surface area contributed by atoms with Crippen molar-refractivity contribution in [1.82, 2.24) is 5.32 Å². The first-order valence-electron chi connectivity index (χ1n) is 6.94. The number of nitrogens with one attached hydrogen (secondary N) is 1. The van der Waals surface area contributed by atoms with E-state index in [0.29, 0.717) is 24.3 Å². The van der Waals surface area contributed by atoms with Gasteiger partial charge in [-0.3, -0.25) is 9.59 Å². The number of hydrogen-bond donors (Lipinski definition) is 1. The van der Waals surface area contributed by atoms with E-state index in [1.807, 2.05) is 0 Å². The fourth-order valence-electron chi connectivity index (χ4n) is 2.37. The normalized spacial score (nSPS) is 17.2. The highest BCUT2D eigenvalue weighted by molar-refractivity contribution is 6.01. The van der Waals surface area contributed by atoms with Crippen molar-refractivity contribution in [3.05, 3.63) is 42.5 Å². The minimum absolute atomic E-state index is 0.138. The summed E-state index contributed by atoms with van der Waals surface area (Å²) in [7, 11) is 1.30. The van der Waals surface area contributed by atoms with Crippen LogP contribution in [0, 0.1) is 5.92 Å². The van der Waals surface area contributed by atoms with Crippen molar-refractivity contribution >= 4 is 23.5 Å². The summed E-state index contributed by atoms with van der Waals surface area (Å²) in [5, 5.41) is 2.70. The minimum atomic E-state index is -0.464. The van der Waals surface area contributed by atoms with E-state index < -0.39 is 11.9 Å². The van der Waals surface area contributed by atoms with Crippen LogP contribution in [-0.4, -0.2) is 38.0 Å². The molecule has 0 saturated carbocycles. The summed E-state index contributed by atoms with van der Waals surface area (Å²) in [5.41, 5.74) is 0.958. The molecule has 2 amide bonds. The number of rotatable bonds is 5. The topological polar surface area (TPSA) is 75.7 Å². The zero-order valence-corrected chi connectivity index (χ0v) is 12.4. The number of anilines is 1. The molecule has 6 nitrogen and oxygen atoms in total. The van der Waals surface area contributed by atoms with E-state index >= 15 is 0 Å². The minimum Gasteiger partial charge on any atom is -0.465 e. The lowest BCUT2D eigenvalue weighted by atomic mass is 10.1. The molecule has 1 heterocycles. The highest BCUT2D eigenvalue weighted by Crippen LogP contribution is 2.26. The third-order valence-corrected chi connectivity index (χ3v) is 3.50. The monoisotopic (exact) mass is 302 g/mol.